The lowest BCUT2D eigenvalue weighted by molar-refractivity contribution is 0.264. The molecule has 0 N–H and O–H groups in total. The van der Waals surface area contributed by atoms with E-state index in [0.717, 1.165) is 24.4 Å². The standard InChI is InChI=1S/C7H10N2O/c1-6-3-4-10-7(6)5-9-8-2/h5H,1,3-4H2,2H3/b7-5+,9-8?. The Balaban J connectivity index is 2.62. The molecule has 1 aliphatic rings. The van der Waals surface area contributed by atoms with Crippen LogP contribution in [0.1, 0.15) is 6.42 Å². The Kier molecular flexibility index (Phi) is 2.20. The van der Waals surface area contributed by atoms with Crippen molar-refractivity contribution in [2.45, 2.75) is 6.42 Å². The van der Waals surface area contributed by atoms with Crippen molar-refractivity contribution < 1.29 is 4.74 Å². The van der Waals surface area contributed by atoms with E-state index < -0.39 is 0 Å². The summed E-state index contributed by atoms with van der Waals surface area (Å²) in [4.78, 5) is 0. The molecule has 0 saturated carbocycles. The van der Waals surface area contributed by atoms with Crippen LogP contribution in [0.2, 0.25) is 0 Å². The topological polar surface area (TPSA) is 34.0 Å². The lowest BCUT2D eigenvalue weighted by Gasteiger charge is -1.93. The molecule has 0 aliphatic carbocycles. The highest BCUT2D eigenvalue weighted by Gasteiger charge is 2.11. The lowest BCUT2D eigenvalue weighted by Crippen LogP contribution is -1.77. The van der Waals surface area contributed by atoms with Gasteiger partial charge in [0.05, 0.1) is 12.8 Å². The Morgan fingerprint density at radius 3 is 3.00 bits per heavy atom. The number of ether oxygens (including phenoxy) is 1. The third-order valence-electron chi connectivity index (χ3n) is 1.30. The summed E-state index contributed by atoms with van der Waals surface area (Å²) < 4.78 is 5.18. The third-order valence-corrected chi connectivity index (χ3v) is 1.30. The van der Waals surface area contributed by atoms with Crippen molar-refractivity contribution in [1.82, 2.24) is 0 Å². The van der Waals surface area contributed by atoms with Crippen molar-refractivity contribution in [3.05, 3.63) is 24.1 Å². The van der Waals surface area contributed by atoms with E-state index in [1.807, 2.05) is 0 Å². The van der Waals surface area contributed by atoms with Crippen molar-refractivity contribution in [2.75, 3.05) is 13.7 Å². The number of allylic oxidation sites excluding steroid dienone is 1. The first kappa shape index (κ1) is 6.99. The molecule has 0 bridgehead atoms. The molecule has 0 amide bonds. The largest absolute Gasteiger partial charge is 0.491 e. The molecule has 0 aromatic rings. The molecule has 0 atom stereocenters. The van der Waals surface area contributed by atoms with Gasteiger partial charge in [0.1, 0.15) is 5.76 Å². The van der Waals surface area contributed by atoms with Gasteiger partial charge in [0, 0.05) is 13.5 Å². The highest BCUT2D eigenvalue weighted by atomic mass is 16.5. The number of hydrogen-bond acceptors (Lipinski definition) is 3. The third kappa shape index (κ3) is 1.43. The smallest absolute Gasteiger partial charge is 0.142 e. The zero-order chi connectivity index (χ0) is 7.40. The Bertz CT molecular complexity index is 194. The van der Waals surface area contributed by atoms with Gasteiger partial charge in [-0.05, 0) is 5.57 Å². The maximum atomic E-state index is 5.18. The van der Waals surface area contributed by atoms with E-state index in [-0.39, 0.29) is 0 Å². The van der Waals surface area contributed by atoms with E-state index in [0.29, 0.717) is 0 Å². The van der Waals surface area contributed by atoms with Crippen LogP contribution in [-0.4, -0.2) is 13.7 Å². The summed E-state index contributed by atoms with van der Waals surface area (Å²) in [5.74, 6) is 0.769. The van der Waals surface area contributed by atoms with Crippen LogP contribution in [0.15, 0.2) is 34.3 Å². The van der Waals surface area contributed by atoms with Crippen LogP contribution in [0, 0.1) is 0 Å². The maximum Gasteiger partial charge on any atom is 0.142 e. The molecule has 0 spiro atoms. The Morgan fingerprint density at radius 2 is 2.50 bits per heavy atom. The van der Waals surface area contributed by atoms with Crippen LogP contribution in [0.25, 0.3) is 0 Å². The second kappa shape index (κ2) is 3.15. The van der Waals surface area contributed by atoms with Crippen molar-refractivity contribution >= 4 is 0 Å². The molecule has 1 heterocycles. The first-order valence-electron chi connectivity index (χ1n) is 3.14. The predicted octanol–water partition coefficient (Wildman–Crippen LogP) is 1.89. The molecule has 1 rings (SSSR count). The molecule has 1 saturated heterocycles. The van der Waals surface area contributed by atoms with E-state index in [9.17, 15) is 0 Å². The summed E-state index contributed by atoms with van der Waals surface area (Å²) in [5.41, 5.74) is 1.01. The van der Waals surface area contributed by atoms with Crippen molar-refractivity contribution in [2.24, 2.45) is 10.2 Å². The molecule has 1 fully saturated rings. The van der Waals surface area contributed by atoms with Crippen LogP contribution in [-0.2, 0) is 4.74 Å². The molecular weight excluding hydrogens is 128 g/mol. The summed E-state index contributed by atoms with van der Waals surface area (Å²) >= 11 is 0. The summed E-state index contributed by atoms with van der Waals surface area (Å²) in [6.45, 7) is 4.52. The van der Waals surface area contributed by atoms with Crippen LogP contribution < -0.4 is 0 Å². The quantitative estimate of drug-likeness (QED) is 0.509. The number of azo groups is 1. The SMILES string of the molecule is C=C1CCO/C1=C/N=NC. The molecule has 0 radical (unpaired) electrons. The van der Waals surface area contributed by atoms with Crippen LogP contribution in [0.5, 0.6) is 0 Å². The van der Waals surface area contributed by atoms with Gasteiger partial charge in [-0.2, -0.15) is 10.2 Å². The van der Waals surface area contributed by atoms with Gasteiger partial charge in [-0.3, -0.25) is 0 Å². The lowest BCUT2D eigenvalue weighted by atomic mass is 10.2. The Morgan fingerprint density at radius 1 is 1.70 bits per heavy atom. The van der Waals surface area contributed by atoms with E-state index in [1.54, 1.807) is 13.2 Å². The fraction of sp³-hybridized carbons (Fsp3) is 0.429. The summed E-state index contributed by atoms with van der Waals surface area (Å²) in [6, 6.07) is 0. The molecule has 54 valence electrons. The predicted molar refractivity (Wildman–Crippen MR) is 38.6 cm³/mol. The molecule has 3 nitrogen and oxygen atoms in total. The van der Waals surface area contributed by atoms with Gasteiger partial charge < -0.3 is 4.74 Å². The molecule has 1 aliphatic heterocycles. The maximum absolute atomic E-state index is 5.18. The summed E-state index contributed by atoms with van der Waals surface area (Å²) in [7, 11) is 1.62. The first-order chi connectivity index (χ1) is 4.84. The average molecular weight is 138 g/mol. The first-order valence-corrected chi connectivity index (χ1v) is 3.14. The average Bonchev–Trinajstić information content (AvgIpc) is 2.31. The van der Waals surface area contributed by atoms with E-state index in [4.69, 9.17) is 4.74 Å². The molecule has 0 aromatic carbocycles. The van der Waals surface area contributed by atoms with Gasteiger partial charge >= 0.3 is 0 Å². The fourth-order valence-electron chi connectivity index (χ4n) is 0.748. The molecule has 0 unspecified atom stereocenters. The monoisotopic (exact) mass is 138 g/mol. The van der Waals surface area contributed by atoms with Crippen molar-refractivity contribution in [1.29, 1.82) is 0 Å². The molecular formula is C7H10N2O. The van der Waals surface area contributed by atoms with Crippen LogP contribution in [0.4, 0.5) is 0 Å². The summed E-state index contributed by atoms with van der Waals surface area (Å²) in [5, 5.41) is 7.24. The van der Waals surface area contributed by atoms with E-state index in [1.165, 1.54) is 0 Å². The van der Waals surface area contributed by atoms with Crippen LogP contribution >= 0.6 is 0 Å². The van der Waals surface area contributed by atoms with Gasteiger partial charge in [-0.25, -0.2) is 0 Å². The molecule has 0 aromatic heterocycles. The van der Waals surface area contributed by atoms with Gasteiger partial charge in [-0.15, -0.1) is 0 Å². The minimum atomic E-state index is 0.726. The number of nitrogens with zero attached hydrogens (tertiary/aromatic N) is 2. The highest BCUT2D eigenvalue weighted by Crippen LogP contribution is 2.21. The number of rotatable bonds is 1. The van der Waals surface area contributed by atoms with Gasteiger partial charge in [-0.1, -0.05) is 6.58 Å². The van der Waals surface area contributed by atoms with Crippen LogP contribution in [0.3, 0.4) is 0 Å². The number of hydrogen-bond donors (Lipinski definition) is 0. The minimum absolute atomic E-state index is 0.726. The van der Waals surface area contributed by atoms with Gasteiger partial charge in [0.15, 0.2) is 0 Å². The zero-order valence-corrected chi connectivity index (χ0v) is 6.00. The van der Waals surface area contributed by atoms with Crippen molar-refractivity contribution in [3.8, 4) is 0 Å². The second-order valence-electron chi connectivity index (χ2n) is 2.01. The highest BCUT2D eigenvalue weighted by molar-refractivity contribution is 5.25. The van der Waals surface area contributed by atoms with Crippen molar-refractivity contribution in [3.63, 3.8) is 0 Å². The summed E-state index contributed by atoms with van der Waals surface area (Å²) in [6.07, 6.45) is 2.50. The minimum Gasteiger partial charge on any atom is -0.491 e. The molecule has 10 heavy (non-hydrogen) atoms. The van der Waals surface area contributed by atoms with E-state index in [2.05, 4.69) is 16.8 Å². The zero-order valence-electron chi connectivity index (χ0n) is 6.00. The second-order valence-corrected chi connectivity index (χ2v) is 2.01. The Labute approximate surface area is 60.1 Å². The fourth-order valence-corrected chi connectivity index (χ4v) is 0.748. The normalized spacial score (nSPS) is 22.5. The van der Waals surface area contributed by atoms with Gasteiger partial charge in [0.25, 0.3) is 0 Å². The van der Waals surface area contributed by atoms with E-state index >= 15 is 0 Å². The van der Waals surface area contributed by atoms with Gasteiger partial charge in [0.2, 0.25) is 0 Å². The Hall–Kier alpha value is -1.12. The molecule has 3 heteroatoms.